The lowest BCUT2D eigenvalue weighted by atomic mass is 9.93. The summed E-state index contributed by atoms with van der Waals surface area (Å²) < 4.78 is 34.1. The molecule has 0 bridgehead atoms. The van der Waals surface area contributed by atoms with Crippen molar-refractivity contribution in [1.29, 1.82) is 0 Å². The summed E-state index contributed by atoms with van der Waals surface area (Å²) in [6.07, 6.45) is -1.98. The molecule has 1 saturated heterocycles. The number of hydrogen-bond acceptors (Lipinski definition) is 5. The highest BCUT2D eigenvalue weighted by Gasteiger charge is 2.41. The summed E-state index contributed by atoms with van der Waals surface area (Å²) in [5, 5.41) is 12.0. The predicted octanol–water partition coefficient (Wildman–Crippen LogP) is 5.24. The van der Waals surface area contributed by atoms with Crippen LogP contribution in [0, 0.1) is 11.6 Å². The number of halogens is 2. The molecule has 0 aliphatic carbocycles. The highest BCUT2D eigenvalue weighted by Crippen LogP contribution is 2.25. The lowest BCUT2D eigenvalue weighted by Gasteiger charge is -2.44. The molecule has 3 aromatic rings. The average molecular weight is 578 g/mol. The van der Waals surface area contributed by atoms with Crippen molar-refractivity contribution in [3.8, 4) is 0 Å². The van der Waals surface area contributed by atoms with Gasteiger partial charge in [0.1, 0.15) is 17.2 Å². The molecule has 222 valence electrons. The number of aliphatic imine (C=N–C) groups is 1. The second kappa shape index (κ2) is 13.2. The molecule has 0 spiro atoms. The number of aliphatic hydroxyl groups is 1. The van der Waals surface area contributed by atoms with Crippen LogP contribution in [0.15, 0.2) is 83.9 Å². The zero-order valence-electron chi connectivity index (χ0n) is 24.3. The van der Waals surface area contributed by atoms with E-state index in [2.05, 4.69) is 0 Å². The van der Waals surface area contributed by atoms with Crippen molar-refractivity contribution < 1.29 is 28.2 Å². The van der Waals surface area contributed by atoms with Crippen molar-refractivity contribution in [2.45, 2.75) is 57.9 Å². The third-order valence-corrected chi connectivity index (χ3v) is 7.04. The van der Waals surface area contributed by atoms with Gasteiger partial charge in [-0.25, -0.2) is 13.6 Å². The molecule has 0 radical (unpaired) electrons. The summed E-state index contributed by atoms with van der Waals surface area (Å²) in [7, 11) is 0. The minimum Gasteiger partial charge on any atom is -0.444 e. The minimum absolute atomic E-state index is 0.0300. The van der Waals surface area contributed by atoms with Gasteiger partial charge in [0.15, 0.2) is 0 Å². The van der Waals surface area contributed by atoms with Crippen LogP contribution < -0.4 is 0 Å². The lowest BCUT2D eigenvalue weighted by molar-refractivity contribution is -0.133. The standard InChI is InChI=1S/C33H37F2N3O4/c1-22(39)37-15-16-38(32(41)42-33(2,3)4)29(21-37)31(40)28(19-23-17-26(34)20-27(35)18-23)36-30(24-11-7-5-8-12-24)25-13-9-6-10-14-25/h5-14,17-18,20,28-29,31,40H,15-16,19,21H2,1-4H3/t28?,29-,31+/m1/s1. The molecule has 2 amide bonds. The number of aliphatic hydroxyl groups excluding tert-OH is 1. The van der Waals surface area contributed by atoms with Gasteiger partial charge in [0.05, 0.1) is 23.9 Å². The molecule has 3 aromatic carbocycles. The zero-order valence-corrected chi connectivity index (χ0v) is 24.3. The summed E-state index contributed by atoms with van der Waals surface area (Å²) >= 11 is 0. The summed E-state index contributed by atoms with van der Waals surface area (Å²) in [6.45, 7) is 7.15. The monoisotopic (exact) mass is 577 g/mol. The first-order valence-electron chi connectivity index (χ1n) is 14.0. The minimum atomic E-state index is -1.33. The fourth-order valence-corrected chi connectivity index (χ4v) is 5.08. The van der Waals surface area contributed by atoms with Gasteiger partial charge in [-0.3, -0.25) is 14.7 Å². The van der Waals surface area contributed by atoms with Crippen LogP contribution in [0.1, 0.15) is 44.4 Å². The molecule has 1 unspecified atom stereocenters. The summed E-state index contributed by atoms with van der Waals surface area (Å²) in [5.74, 6) is -1.69. The highest BCUT2D eigenvalue weighted by atomic mass is 19.1. The van der Waals surface area contributed by atoms with Crippen LogP contribution in [0.3, 0.4) is 0 Å². The van der Waals surface area contributed by atoms with E-state index in [9.17, 15) is 23.5 Å². The molecule has 3 atom stereocenters. The molecule has 0 saturated carbocycles. The molecule has 1 aliphatic rings. The Balaban J connectivity index is 1.82. The van der Waals surface area contributed by atoms with Gasteiger partial charge >= 0.3 is 6.09 Å². The van der Waals surface area contributed by atoms with Crippen LogP contribution in [0.25, 0.3) is 0 Å². The van der Waals surface area contributed by atoms with Gasteiger partial charge in [0.25, 0.3) is 0 Å². The molecule has 1 N–H and O–H groups in total. The van der Waals surface area contributed by atoms with E-state index in [-0.39, 0.29) is 32.0 Å². The average Bonchev–Trinajstić information content (AvgIpc) is 2.94. The molecule has 42 heavy (non-hydrogen) atoms. The fourth-order valence-electron chi connectivity index (χ4n) is 5.08. The topological polar surface area (TPSA) is 82.4 Å². The van der Waals surface area contributed by atoms with Gasteiger partial charge < -0.3 is 14.7 Å². The predicted molar refractivity (Wildman–Crippen MR) is 157 cm³/mol. The van der Waals surface area contributed by atoms with Crippen LogP contribution in [0.4, 0.5) is 13.6 Å². The summed E-state index contributed by atoms with van der Waals surface area (Å²) in [5.41, 5.74) is 1.65. The maximum absolute atomic E-state index is 14.2. The largest absolute Gasteiger partial charge is 0.444 e. The number of amides is 2. The van der Waals surface area contributed by atoms with Gasteiger partial charge in [-0.2, -0.15) is 0 Å². The van der Waals surface area contributed by atoms with Gasteiger partial charge in [0, 0.05) is 43.8 Å². The number of benzene rings is 3. The molecule has 0 aromatic heterocycles. The first kappa shape index (κ1) is 30.8. The second-order valence-corrected chi connectivity index (χ2v) is 11.5. The summed E-state index contributed by atoms with van der Waals surface area (Å²) in [4.78, 5) is 33.7. The van der Waals surface area contributed by atoms with Crippen molar-refractivity contribution in [3.05, 3.63) is 107 Å². The Hall–Kier alpha value is -4.11. The molecular weight excluding hydrogens is 540 g/mol. The molecule has 1 fully saturated rings. The number of carbonyl (C=O) groups excluding carboxylic acids is 2. The van der Waals surface area contributed by atoms with E-state index < -0.39 is 41.5 Å². The van der Waals surface area contributed by atoms with Gasteiger partial charge in [-0.05, 0) is 44.9 Å². The second-order valence-electron chi connectivity index (χ2n) is 11.5. The number of rotatable bonds is 7. The normalized spacial score (nSPS) is 16.9. The van der Waals surface area contributed by atoms with Gasteiger partial charge in [0.2, 0.25) is 5.91 Å². The maximum atomic E-state index is 14.2. The SMILES string of the molecule is CC(=O)N1CCN(C(=O)OC(C)(C)C)[C@@H]([C@@H](O)C(Cc2cc(F)cc(F)c2)N=C(c2ccccc2)c2ccccc2)C1. The highest BCUT2D eigenvalue weighted by molar-refractivity contribution is 6.13. The first-order valence-corrected chi connectivity index (χ1v) is 14.0. The Morgan fingerprint density at radius 3 is 2.00 bits per heavy atom. The van der Waals surface area contributed by atoms with E-state index in [0.717, 1.165) is 17.2 Å². The molecular formula is C33H37F2N3O4. The van der Waals surface area contributed by atoms with E-state index in [4.69, 9.17) is 9.73 Å². The van der Waals surface area contributed by atoms with E-state index in [0.29, 0.717) is 11.3 Å². The third kappa shape index (κ3) is 8.00. The number of ether oxygens (including phenoxy) is 1. The molecule has 7 nitrogen and oxygen atoms in total. The van der Waals surface area contributed by atoms with E-state index in [1.807, 2.05) is 60.7 Å². The van der Waals surface area contributed by atoms with Crippen molar-refractivity contribution in [2.75, 3.05) is 19.6 Å². The maximum Gasteiger partial charge on any atom is 0.410 e. The van der Waals surface area contributed by atoms with Crippen LogP contribution in [0.5, 0.6) is 0 Å². The molecule has 1 heterocycles. The van der Waals surface area contributed by atoms with Crippen LogP contribution in [-0.2, 0) is 16.0 Å². The lowest BCUT2D eigenvalue weighted by Crippen LogP contribution is -2.62. The van der Waals surface area contributed by atoms with Crippen LogP contribution >= 0.6 is 0 Å². The Kier molecular flexibility index (Phi) is 9.73. The Labute approximate surface area is 245 Å². The molecule has 9 heteroatoms. The molecule has 4 rings (SSSR count). The quantitative estimate of drug-likeness (QED) is 0.390. The van der Waals surface area contributed by atoms with Crippen molar-refractivity contribution in [3.63, 3.8) is 0 Å². The fraction of sp³-hybridized carbons (Fsp3) is 0.364. The smallest absolute Gasteiger partial charge is 0.410 e. The molecule has 1 aliphatic heterocycles. The zero-order chi connectivity index (χ0) is 30.4. The van der Waals surface area contributed by atoms with Crippen molar-refractivity contribution in [2.24, 2.45) is 4.99 Å². The Morgan fingerprint density at radius 1 is 0.952 bits per heavy atom. The number of hydrogen-bond donors (Lipinski definition) is 1. The van der Waals surface area contributed by atoms with E-state index >= 15 is 0 Å². The summed E-state index contributed by atoms with van der Waals surface area (Å²) in [6, 6.07) is 20.2. The van der Waals surface area contributed by atoms with Gasteiger partial charge in [-0.15, -0.1) is 0 Å². The van der Waals surface area contributed by atoms with Crippen molar-refractivity contribution in [1.82, 2.24) is 9.80 Å². The number of carbonyl (C=O) groups is 2. The number of nitrogens with zero attached hydrogens (tertiary/aromatic N) is 3. The Morgan fingerprint density at radius 2 is 1.50 bits per heavy atom. The van der Waals surface area contributed by atoms with Crippen LogP contribution in [-0.4, -0.2) is 76.0 Å². The Bertz CT molecular complexity index is 1350. The van der Waals surface area contributed by atoms with Crippen LogP contribution in [0.2, 0.25) is 0 Å². The van der Waals surface area contributed by atoms with Gasteiger partial charge in [-0.1, -0.05) is 60.7 Å². The van der Waals surface area contributed by atoms with E-state index in [1.54, 1.807) is 25.7 Å². The van der Waals surface area contributed by atoms with E-state index in [1.165, 1.54) is 24.0 Å². The first-order chi connectivity index (χ1) is 19.9. The van der Waals surface area contributed by atoms with Crippen molar-refractivity contribution >= 4 is 17.7 Å². The number of piperazine rings is 1. The third-order valence-electron chi connectivity index (χ3n) is 7.04.